The third kappa shape index (κ3) is 21.4. The second-order valence-corrected chi connectivity index (χ2v) is 30.8. The number of nitrogens with one attached hydrogen (secondary N) is 4. The second kappa shape index (κ2) is 41.1. The topological polar surface area (TPSA) is 333 Å². The van der Waals surface area contributed by atoms with Gasteiger partial charge in [-0.1, -0.05) is 126 Å². The van der Waals surface area contributed by atoms with Crippen molar-refractivity contribution in [2.24, 2.45) is 0 Å². The van der Waals surface area contributed by atoms with Crippen LogP contribution in [0.2, 0.25) is 15.1 Å². The number of likely N-dealkylation sites (tertiary alicyclic amines) is 2. The predicted molar refractivity (Wildman–Crippen MR) is 468 cm³/mol. The maximum absolute atomic E-state index is 15.4. The third-order valence-corrected chi connectivity index (χ3v) is 22.2. The van der Waals surface area contributed by atoms with Crippen LogP contribution in [0.1, 0.15) is 102 Å². The highest BCUT2D eigenvalue weighted by atomic mass is 35.5. The molecular weight excluding hydrogens is 1740 g/mol. The number of amides is 5. The Morgan fingerprint density at radius 3 is 1.06 bits per heavy atom. The number of halogens is 10. The van der Waals surface area contributed by atoms with Crippen LogP contribution in [0.4, 0.5) is 43.4 Å². The Morgan fingerprint density at radius 1 is 0.417 bits per heavy atom. The monoisotopic (exact) mass is 1820 g/mol. The van der Waals surface area contributed by atoms with Crippen LogP contribution in [-0.2, 0) is 57.9 Å². The van der Waals surface area contributed by atoms with Gasteiger partial charge in [-0.05, 0) is 112 Å². The first-order valence-electron chi connectivity index (χ1n) is 38.9. The molecule has 25 nitrogen and oxygen atoms in total. The van der Waals surface area contributed by atoms with Gasteiger partial charge < -0.3 is 64.5 Å². The molecule has 0 unspecified atom stereocenters. The lowest BCUT2D eigenvalue weighted by atomic mass is 10.0. The maximum atomic E-state index is 15.4. The van der Waals surface area contributed by atoms with Gasteiger partial charge in [0.2, 0.25) is 29.5 Å². The number of aromatic nitrogens is 3. The summed E-state index contributed by atoms with van der Waals surface area (Å²) in [5.74, 6) is -9.15. The summed E-state index contributed by atoms with van der Waals surface area (Å²) in [5, 5.41) is 30.9. The molecule has 3 aromatic heterocycles. The molecule has 15 rings (SSSR count). The molecule has 3 fully saturated rings. The second-order valence-electron chi connectivity index (χ2n) is 29.6. The molecule has 0 bridgehead atoms. The molecule has 12 aromatic rings. The number of hydrogen-bond acceptors (Lipinski definition) is 15. The van der Waals surface area contributed by atoms with Crippen molar-refractivity contribution < 1.29 is 104 Å². The van der Waals surface area contributed by atoms with Gasteiger partial charge in [-0.25, -0.2) is 40.7 Å². The number of carboxylic acids is 2. The van der Waals surface area contributed by atoms with E-state index in [2.05, 4.69) is 26.0 Å². The molecule has 0 aliphatic carbocycles. The third-order valence-electron chi connectivity index (χ3n) is 21.2. The average Bonchev–Trinajstić information content (AvgIpc) is 1.63. The predicted octanol–water partition coefficient (Wildman–Crippen LogP) is 17.2. The SMILES string of the molecule is CC(=O)c1cn(CC(=O)N2C[C@H](F)C[C@H]2C(=O)Nc2cccc(-c3ccccc3Cl)c2F)c2ccc(C(=O)O)cc12.COC(=O)c1ccc2c(c1)c(C(C)=O)cn2CC(=O)N1C[C@H](F)C[C@H]1C(=O)Nc1cccc(-c2ccccc2Cl)c1F.COC(=O)c1ccc2c(c1)c(C(C)=O)cn2CC(=O)O.Cl.O=C(Nc1cccc(-c2ccccc2Cl)c1F)[C@@H]1C[C@@H](F)CN1. The summed E-state index contributed by atoms with van der Waals surface area (Å²) in [4.78, 5) is 150. The van der Waals surface area contributed by atoms with Gasteiger partial charge >= 0.3 is 23.9 Å². The quantitative estimate of drug-likeness (QED) is 0.0221. The van der Waals surface area contributed by atoms with Crippen molar-refractivity contribution in [3.05, 3.63) is 266 Å². The molecule has 3 saturated heterocycles. The van der Waals surface area contributed by atoms with E-state index in [1.165, 1.54) is 140 Å². The number of nitrogens with zero attached hydrogens (tertiary/aromatic N) is 5. The number of Topliss-reactive ketones (excluding diaryl/α,β-unsaturated/α-hetero) is 3. The summed E-state index contributed by atoms with van der Waals surface area (Å²) >= 11 is 18.6. The van der Waals surface area contributed by atoms with E-state index in [1.807, 2.05) is 0 Å². The summed E-state index contributed by atoms with van der Waals surface area (Å²) in [5.41, 5.74) is 4.80. The van der Waals surface area contributed by atoms with Crippen LogP contribution in [0.15, 0.2) is 201 Å². The number of carbonyl (C=O) groups excluding carboxylic acids is 10. The zero-order chi connectivity index (χ0) is 90.8. The number of alkyl halides is 3. The lowest BCUT2D eigenvalue weighted by molar-refractivity contribution is -0.138. The molecule has 6 heterocycles. The number of methoxy groups -OCH3 is 2. The van der Waals surface area contributed by atoms with E-state index in [4.69, 9.17) is 44.6 Å². The number of esters is 2. The smallest absolute Gasteiger partial charge is 0.337 e. The Bertz CT molecular complexity index is 6360. The number of fused-ring (bicyclic) bond motifs is 3. The molecule has 0 saturated carbocycles. The van der Waals surface area contributed by atoms with E-state index < -0.39 is 108 Å². The summed E-state index contributed by atoms with van der Waals surface area (Å²) in [6, 6.07) is 44.3. The van der Waals surface area contributed by atoms with Crippen molar-refractivity contribution in [2.45, 2.75) is 96.3 Å². The standard InChI is InChI=1S/C31H26ClF2N3O5.C30H24ClF2N3O5.C17H15ClF2N2O.C14H13NO5.ClH/c1-17(38)23-15-36(26-11-10-18(12-22(23)26)31(41)42-2)16-28(39)37-14-19(33)13-27(37)30(40)35-25-9-5-7-21(29(25)34)20-6-3-4-8-24(20)32;1-16(37)22-14-35(25-10-9-17(30(40)41)11-21(22)25)15-27(38)36-13-18(32)12-26(36)29(39)34-24-8-4-6-20(28(24)33)19-5-2-3-7-23(19)31;18-13-6-2-1-4-11(13)12-5-3-7-14(16(12)20)22-17(23)15-8-10(19)9-21-15;1-8(16)11-6-15(7-13(17)18)12-4-3-9(5-10(11)12)14(19)20-2;/h3-12,15,19,27H,13-14,16H2,1-2H3,(H,35,40);2-11,14,18,26H,12-13,15H2,1H3,(H,34,39)(H,40,41);1-7,10,15,21H,8-9H2,(H,22,23);3-6H,7H2,1-2H3,(H,17,18);1H/t19-,27+;18-,26+;10-,15+;;/m111../s1. The highest BCUT2D eigenvalue weighted by Crippen LogP contribution is 2.38. The zero-order valence-corrected chi connectivity index (χ0v) is 71.1. The molecule has 35 heteroatoms. The highest BCUT2D eigenvalue weighted by molar-refractivity contribution is 6.34. The number of hydrogen-bond donors (Lipinski definition) is 6. The Hall–Kier alpha value is -13.5. The van der Waals surface area contributed by atoms with Crippen molar-refractivity contribution >= 4 is 168 Å². The average molecular weight is 1820 g/mol. The maximum Gasteiger partial charge on any atom is 0.337 e. The number of aromatic carboxylic acids is 1. The first-order chi connectivity index (χ1) is 60.1. The molecule has 3 aliphatic heterocycles. The van der Waals surface area contributed by atoms with Gasteiger partial charge in [-0.3, -0.25) is 43.2 Å². The van der Waals surface area contributed by atoms with Crippen molar-refractivity contribution in [3.63, 3.8) is 0 Å². The van der Waals surface area contributed by atoms with Crippen molar-refractivity contribution in [1.82, 2.24) is 28.8 Å². The van der Waals surface area contributed by atoms with Gasteiger partial charge in [0.15, 0.2) is 34.8 Å². The summed E-state index contributed by atoms with van der Waals surface area (Å²) in [6.45, 7) is 2.69. The number of anilines is 3. The van der Waals surface area contributed by atoms with Crippen LogP contribution in [0.25, 0.3) is 66.1 Å². The fourth-order valence-electron chi connectivity index (χ4n) is 15.1. The van der Waals surface area contributed by atoms with Gasteiger partial charge in [0.1, 0.15) is 50.2 Å². The van der Waals surface area contributed by atoms with E-state index in [1.54, 1.807) is 109 Å². The Balaban J connectivity index is 0.000000171. The summed E-state index contributed by atoms with van der Waals surface area (Å²) in [6.07, 6.45) is 0.00383. The van der Waals surface area contributed by atoms with E-state index in [0.29, 0.717) is 81.2 Å². The zero-order valence-electron chi connectivity index (χ0n) is 68.0. The van der Waals surface area contributed by atoms with Crippen LogP contribution in [0.5, 0.6) is 0 Å². The first kappa shape index (κ1) is 94.2. The van der Waals surface area contributed by atoms with E-state index in [9.17, 15) is 80.2 Å². The normalized spacial score (nSPS) is 16.2. The number of aliphatic carboxylic acids is 1. The number of benzene rings is 9. The minimum Gasteiger partial charge on any atom is -0.480 e. The molecule has 0 radical (unpaired) electrons. The largest absolute Gasteiger partial charge is 0.480 e. The lowest BCUT2D eigenvalue weighted by Gasteiger charge is -2.24. The molecular formula is C92H79Cl4F6N9O16. The van der Waals surface area contributed by atoms with Gasteiger partial charge in [0.25, 0.3) is 0 Å². The van der Waals surface area contributed by atoms with E-state index in [-0.39, 0.29) is 139 Å². The molecule has 6 atom stereocenters. The first-order valence-corrected chi connectivity index (χ1v) is 40.1. The minimum atomic E-state index is -1.47. The van der Waals surface area contributed by atoms with Crippen molar-refractivity contribution in [3.8, 4) is 33.4 Å². The summed E-state index contributed by atoms with van der Waals surface area (Å²) in [7, 11) is 2.51. The fraction of sp³-hybridized carbons (Fsp3) is 0.217. The molecule has 658 valence electrons. The number of carboxylic acid groups (broad SMARTS) is 2. The minimum absolute atomic E-state index is 0. The van der Waals surface area contributed by atoms with Crippen LogP contribution in [0, 0.1) is 17.5 Å². The molecule has 6 N–H and O–H groups in total. The number of ketones is 3. The van der Waals surface area contributed by atoms with Crippen LogP contribution >= 0.6 is 47.2 Å². The number of rotatable bonds is 21. The Kier molecular flexibility index (Phi) is 30.5. The summed E-state index contributed by atoms with van der Waals surface area (Å²) < 4.78 is 102. The molecule has 3 aliphatic rings. The van der Waals surface area contributed by atoms with Gasteiger partial charge in [0, 0.05) is 142 Å². The molecule has 5 amide bonds. The van der Waals surface area contributed by atoms with E-state index >= 15 is 8.78 Å². The van der Waals surface area contributed by atoms with Gasteiger partial charge in [-0.2, -0.15) is 0 Å². The highest BCUT2D eigenvalue weighted by Gasteiger charge is 2.42. The number of carbonyl (C=O) groups is 12. The number of ether oxygens (including phenoxy) is 2. The van der Waals surface area contributed by atoms with Gasteiger partial charge in [0.05, 0.1) is 67.1 Å². The Morgan fingerprint density at radius 2 is 0.740 bits per heavy atom. The molecule has 127 heavy (non-hydrogen) atoms. The van der Waals surface area contributed by atoms with Crippen LogP contribution < -0.4 is 21.3 Å². The Labute approximate surface area is 741 Å². The van der Waals surface area contributed by atoms with Gasteiger partial charge in [-0.15, -0.1) is 12.4 Å². The molecule has 9 aromatic carbocycles. The van der Waals surface area contributed by atoms with Crippen molar-refractivity contribution in [2.75, 3.05) is 49.8 Å². The fourth-order valence-corrected chi connectivity index (χ4v) is 15.8. The molecule has 0 spiro atoms. The van der Waals surface area contributed by atoms with Crippen LogP contribution in [0.3, 0.4) is 0 Å². The lowest BCUT2D eigenvalue weighted by Crippen LogP contribution is -2.44. The van der Waals surface area contributed by atoms with Crippen molar-refractivity contribution in [1.29, 1.82) is 0 Å². The van der Waals surface area contributed by atoms with Crippen LogP contribution in [-0.4, -0.2) is 175 Å². The van der Waals surface area contributed by atoms with E-state index in [0.717, 1.165) is 9.80 Å².